The molecule has 0 saturated carbocycles. The lowest BCUT2D eigenvalue weighted by atomic mass is 9.77. The van der Waals surface area contributed by atoms with Gasteiger partial charge in [0.05, 0.1) is 5.69 Å². The van der Waals surface area contributed by atoms with Crippen LogP contribution in [0.5, 0.6) is 0 Å². The van der Waals surface area contributed by atoms with Crippen LogP contribution in [0.15, 0.2) is 18.3 Å². The Hall–Kier alpha value is -1.46. The zero-order valence-electron chi connectivity index (χ0n) is 13.2. The molecule has 1 aromatic rings. The van der Waals surface area contributed by atoms with Crippen LogP contribution in [0.2, 0.25) is 0 Å². The van der Waals surface area contributed by atoms with Crippen molar-refractivity contribution in [3.63, 3.8) is 0 Å². The number of carbonyl (C=O) groups is 1. The number of hydrogen-bond donors (Lipinski definition) is 2. The molecule has 3 heterocycles. The van der Waals surface area contributed by atoms with E-state index in [2.05, 4.69) is 28.2 Å². The summed E-state index contributed by atoms with van der Waals surface area (Å²) in [7, 11) is 0. The number of hydrogen-bond acceptors (Lipinski definition) is 4. The van der Waals surface area contributed by atoms with E-state index < -0.39 is 5.97 Å². The molecule has 2 aliphatic rings. The highest BCUT2D eigenvalue weighted by Crippen LogP contribution is 2.42. The lowest BCUT2D eigenvalue weighted by Gasteiger charge is -2.33. The Morgan fingerprint density at radius 1 is 1.45 bits per heavy atom. The number of aryl methyl sites for hydroxylation is 1. The molecule has 1 atom stereocenters. The number of piperidine rings is 1. The molecule has 120 valence electrons. The smallest absolute Gasteiger partial charge is 0.320 e. The second kappa shape index (κ2) is 6.34. The van der Waals surface area contributed by atoms with Crippen LogP contribution in [0.3, 0.4) is 0 Å². The highest BCUT2D eigenvalue weighted by atomic mass is 16.4. The largest absolute Gasteiger partial charge is 0.480 e. The number of aromatic nitrogens is 1. The number of nitrogens with zero attached hydrogens (tertiary/aromatic N) is 2. The van der Waals surface area contributed by atoms with Crippen LogP contribution in [0, 0.1) is 5.41 Å². The first kappa shape index (κ1) is 15.4. The first-order valence-corrected chi connectivity index (χ1v) is 8.23. The minimum Gasteiger partial charge on any atom is -0.480 e. The number of likely N-dealkylation sites (tertiary alicyclic amines) is 1. The lowest BCUT2D eigenvalue weighted by Crippen LogP contribution is -2.38. The van der Waals surface area contributed by atoms with Crippen LogP contribution in [-0.2, 0) is 17.8 Å². The number of rotatable bonds is 4. The monoisotopic (exact) mass is 303 g/mol. The van der Waals surface area contributed by atoms with Gasteiger partial charge in [-0.2, -0.15) is 0 Å². The summed E-state index contributed by atoms with van der Waals surface area (Å²) in [6, 6.07) is 3.75. The van der Waals surface area contributed by atoms with Gasteiger partial charge in [0.1, 0.15) is 6.04 Å². The van der Waals surface area contributed by atoms with Gasteiger partial charge in [-0.25, -0.2) is 0 Å². The maximum Gasteiger partial charge on any atom is 0.320 e. The predicted molar refractivity (Wildman–Crippen MR) is 84.6 cm³/mol. The topological polar surface area (TPSA) is 65.5 Å². The number of aliphatic carboxylic acids is 1. The number of carboxylic acid groups (broad SMARTS) is 1. The van der Waals surface area contributed by atoms with Crippen molar-refractivity contribution < 1.29 is 9.90 Å². The van der Waals surface area contributed by atoms with Gasteiger partial charge in [0.2, 0.25) is 0 Å². The van der Waals surface area contributed by atoms with Crippen molar-refractivity contribution in [1.82, 2.24) is 15.2 Å². The van der Waals surface area contributed by atoms with E-state index in [1.54, 1.807) is 0 Å². The Balaban J connectivity index is 1.73. The molecule has 2 aliphatic heterocycles. The molecule has 5 heteroatoms. The van der Waals surface area contributed by atoms with E-state index in [4.69, 9.17) is 0 Å². The number of nitrogens with one attached hydrogen (secondary N) is 1. The molecule has 5 nitrogen and oxygen atoms in total. The van der Waals surface area contributed by atoms with Crippen molar-refractivity contribution >= 4 is 5.97 Å². The molecule has 0 aliphatic carbocycles. The van der Waals surface area contributed by atoms with Crippen molar-refractivity contribution in [3.8, 4) is 0 Å². The van der Waals surface area contributed by atoms with E-state index in [-0.39, 0.29) is 11.5 Å². The number of pyridine rings is 1. The van der Waals surface area contributed by atoms with Gasteiger partial charge in [-0.3, -0.25) is 14.7 Å². The lowest BCUT2D eigenvalue weighted by molar-refractivity contribution is -0.142. The zero-order chi connectivity index (χ0) is 15.6. The Labute approximate surface area is 131 Å². The van der Waals surface area contributed by atoms with Crippen LogP contribution < -0.4 is 5.32 Å². The molecule has 0 radical (unpaired) electrons. The predicted octanol–water partition coefficient (Wildman–Crippen LogP) is 1.67. The van der Waals surface area contributed by atoms with Gasteiger partial charge >= 0.3 is 5.97 Å². The summed E-state index contributed by atoms with van der Waals surface area (Å²) in [5.74, 6) is -0.694. The summed E-state index contributed by atoms with van der Waals surface area (Å²) in [6.45, 7) is 5.63. The maximum atomic E-state index is 11.7. The second-order valence-electron chi connectivity index (χ2n) is 6.72. The van der Waals surface area contributed by atoms with Crippen molar-refractivity contribution in [1.29, 1.82) is 0 Å². The third-order valence-electron chi connectivity index (χ3n) is 5.21. The molecule has 1 unspecified atom stereocenters. The van der Waals surface area contributed by atoms with Gasteiger partial charge in [0.15, 0.2) is 0 Å². The summed E-state index contributed by atoms with van der Waals surface area (Å²) in [5, 5.41) is 13.0. The van der Waals surface area contributed by atoms with Gasteiger partial charge < -0.3 is 10.4 Å². The van der Waals surface area contributed by atoms with Crippen LogP contribution in [0.4, 0.5) is 0 Å². The average Bonchev–Trinajstić information content (AvgIpc) is 2.87. The molecule has 2 saturated heterocycles. The number of carboxylic acids is 1. The third-order valence-corrected chi connectivity index (χ3v) is 5.21. The Morgan fingerprint density at radius 2 is 2.23 bits per heavy atom. The van der Waals surface area contributed by atoms with Gasteiger partial charge in [-0.15, -0.1) is 0 Å². The molecule has 0 amide bonds. The van der Waals surface area contributed by atoms with E-state index in [9.17, 15) is 9.90 Å². The van der Waals surface area contributed by atoms with Crippen LogP contribution in [-0.4, -0.2) is 46.6 Å². The summed E-state index contributed by atoms with van der Waals surface area (Å²) in [6.07, 6.45) is 5.81. The fraction of sp³-hybridized carbons (Fsp3) is 0.647. The molecule has 1 aromatic heterocycles. The molecule has 22 heavy (non-hydrogen) atoms. The standard InChI is InChI=1S/C17H25N3O2/c1-2-13-3-4-14(19-10-13)11-20-12-17(5-7-18-8-6-17)9-15(20)16(21)22/h3-4,10,15,18H,2,5-9,11-12H2,1H3,(H,21,22). The van der Waals surface area contributed by atoms with Crippen LogP contribution in [0.1, 0.15) is 37.4 Å². The third kappa shape index (κ3) is 3.15. The Kier molecular flexibility index (Phi) is 4.45. The SMILES string of the molecule is CCc1ccc(CN2CC3(CCNCC3)CC2C(=O)O)nc1. The molecular formula is C17H25N3O2. The average molecular weight is 303 g/mol. The van der Waals surface area contributed by atoms with E-state index in [0.29, 0.717) is 6.54 Å². The van der Waals surface area contributed by atoms with Gasteiger partial charge in [-0.1, -0.05) is 13.0 Å². The minimum atomic E-state index is -0.694. The molecule has 0 aromatic carbocycles. The maximum absolute atomic E-state index is 11.7. The van der Waals surface area contributed by atoms with E-state index in [1.807, 2.05) is 12.3 Å². The summed E-state index contributed by atoms with van der Waals surface area (Å²) in [5.41, 5.74) is 2.36. The molecular weight excluding hydrogens is 278 g/mol. The first-order chi connectivity index (χ1) is 10.6. The van der Waals surface area contributed by atoms with E-state index in [0.717, 1.165) is 51.0 Å². The molecule has 2 fully saturated rings. The molecule has 2 N–H and O–H groups in total. The summed E-state index contributed by atoms with van der Waals surface area (Å²) >= 11 is 0. The molecule has 1 spiro atoms. The summed E-state index contributed by atoms with van der Waals surface area (Å²) < 4.78 is 0. The highest BCUT2D eigenvalue weighted by molar-refractivity contribution is 5.74. The fourth-order valence-electron chi connectivity index (χ4n) is 3.84. The van der Waals surface area contributed by atoms with E-state index >= 15 is 0 Å². The second-order valence-corrected chi connectivity index (χ2v) is 6.72. The van der Waals surface area contributed by atoms with Gasteiger partial charge in [0, 0.05) is 19.3 Å². The zero-order valence-corrected chi connectivity index (χ0v) is 13.2. The van der Waals surface area contributed by atoms with Gasteiger partial charge in [0.25, 0.3) is 0 Å². The molecule has 0 bridgehead atoms. The minimum absolute atomic E-state index is 0.178. The molecule has 3 rings (SSSR count). The first-order valence-electron chi connectivity index (χ1n) is 8.23. The van der Waals surface area contributed by atoms with Crippen molar-refractivity contribution in [3.05, 3.63) is 29.6 Å². The quantitative estimate of drug-likeness (QED) is 0.886. The highest BCUT2D eigenvalue weighted by Gasteiger charge is 2.47. The van der Waals surface area contributed by atoms with Gasteiger partial charge in [-0.05, 0) is 55.8 Å². The van der Waals surface area contributed by atoms with Crippen molar-refractivity contribution in [2.45, 2.75) is 45.2 Å². The fourth-order valence-corrected chi connectivity index (χ4v) is 3.84. The van der Waals surface area contributed by atoms with Crippen molar-refractivity contribution in [2.75, 3.05) is 19.6 Å². The van der Waals surface area contributed by atoms with Crippen molar-refractivity contribution in [2.24, 2.45) is 5.41 Å². The Bertz CT molecular complexity index is 523. The van der Waals surface area contributed by atoms with Crippen LogP contribution >= 0.6 is 0 Å². The summed E-state index contributed by atoms with van der Waals surface area (Å²) in [4.78, 5) is 18.3. The van der Waals surface area contributed by atoms with E-state index in [1.165, 1.54) is 5.56 Å². The normalized spacial score (nSPS) is 24.7. The van der Waals surface area contributed by atoms with Crippen LogP contribution in [0.25, 0.3) is 0 Å². The Morgan fingerprint density at radius 3 is 2.82 bits per heavy atom.